The summed E-state index contributed by atoms with van der Waals surface area (Å²) in [6.07, 6.45) is 8.71. The van der Waals surface area contributed by atoms with E-state index in [9.17, 15) is 15.0 Å². The van der Waals surface area contributed by atoms with Gasteiger partial charge in [-0.2, -0.15) is 0 Å². The predicted molar refractivity (Wildman–Crippen MR) is 102 cm³/mol. The minimum atomic E-state index is -0.763. The molecule has 0 aromatic carbocycles. The fourth-order valence-electron chi connectivity index (χ4n) is 4.64. The van der Waals surface area contributed by atoms with Crippen LogP contribution in [0.15, 0.2) is 11.6 Å². The van der Waals surface area contributed by atoms with Crippen LogP contribution in [0.25, 0.3) is 0 Å². The lowest BCUT2D eigenvalue weighted by molar-refractivity contribution is -0.136. The first-order chi connectivity index (χ1) is 12.5. The van der Waals surface area contributed by atoms with Crippen molar-refractivity contribution in [3.05, 3.63) is 11.6 Å². The Balaban J connectivity index is 1.93. The van der Waals surface area contributed by atoms with E-state index < -0.39 is 18.2 Å². The molecule has 26 heavy (non-hydrogen) atoms. The lowest BCUT2D eigenvalue weighted by Crippen LogP contribution is -2.50. The molecule has 2 aliphatic carbocycles. The van der Waals surface area contributed by atoms with Gasteiger partial charge >= 0.3 is 5.97 Å². The van der Waals surface area contributed by atoms with Gasteiger partial charge in [0.05, 0.1) is 12.0 Å². The summed E-state index contributed by atoms with van der Waals surface area (Å²) in [6, 6.07) is 0. The molecule has 2 rings (SSSR count). The minimum absolute atomic E-state index is 0.0781. The molecular formula is C22H34O4. The molecule has 4 nitrogen and oxygen atoms in total. The molecular weight excluding hydrogens is 328 g/mol. The molecule has 0 spiro atoms. The van der Waals surface area contributed by atoms with Crippen molar-refractivity contribution in [3.63, 3.8) is 0 Å². The summed E-state index contributed by atoms with van der Waals surface area (Å²) < 4.78 is 0. The van der Waals surface area contributed by atoms with Crippen LogP contribution in [0.3, 0.4) is 0 Å². The molecule has 0 heterocycles. The minimum Gasteiger partial charge on any atom is -0.481 e. The molecule has 0 saturated heterocycles. The number of aliphatic carboxylic acids is 1. The van der Waals surface area contributed by atoms with Gasteiger partial charge in [-0.05, 0) is 49.9 Å². The van der Waals surface area contributed by atoms with Gasteiger partial charge in [0.25, 0.3) is 0 Å². The number of aliphatic hydroxyl groups is 2. The number of carboxylic acids is 1. The van der Waals surface area contributed by atoms with E-state index >= 15 is 0 Å². The van der Waals surface area contributed by atoms with Crippen LogP contribution < -0.4 is 0 Å². The highest BCUT2D eigenvalue weighted by molar-refractivity contribution is 5.66. The summed E-state index contributed by atoms with van der Waals surface area (Å²) >= 11 is 0. The van der Waals surface area contributed by atoms with Gasteiger partial charge in [0.15, 0.2) is 0 Å². The largest absolute Gasteiger partial charge is 0.481 e. The fourth-order valence-corrected chi connectivity index (χ4v) is 4.64. The van der Waals surface area contributed by atoms with Gasteiger partial charge in [-0.15, -0.1) is 0 Å². The van der Waals surface area contributed by atoms with Crippen LogP contribution in [-0.4, -0.2) is 33.5 Å². The molecule has 4 heteroatoms. The number of carbonyl (C=O) groups is 1. The molecule has 0 aromatic rings. The van der Waals surface area contributed by atoms with Gasteiger partial charge < -0.3 is 15.3 Å². The van der Waals surface area contributed by atoms with Gasteiger partial charge in [0.1, 0.15) is 6.10 Å². The van der Waals surface area contributed by atoms with Gasteiger partial charge in [0.2, 0.25) is 0 Å². The highest BCUT2D eigenvalue weighted by Crippen LogP contribution is 2.55. The average molecular weight is 363 g/mol. The molecule has 2 unspecified atom stereocenters. The van der Waals surface area contributed by atoms with E-state index in [4.69, 9.17) is 5.11 Å². The van der Waals surface area contributed by atoms with Crippen LogP contribution in [0.5, 0.6) is 0 Å². The first-order valence-electron chi connectivity index (χ1n) is 10.2. The molecule has 3 N–H and O–H groups in total. The molecule has 6 atom stereocenters. The number of rotatable bonds is 8. The molecule has 0 radical (unpaired) electrons. The van der Waals surface area contributed by atoms with E-state index in [0.29, 0.717) is 30.6 Å². The summed E-state index contributed by atoms with van der Waals surface area (Å²) in [5.74, 6) is 6.43. The molecule has 2 fully saturated rings. The maximum atomic E-state index is 10.7. The predicted octanol–water partition coefficient (Wildman–Crippen LogP) is 3.77. The van der Waals surface area contributed by atoms with Crippen LogP contribution in [0.1, 0.15) is 71.6 Å². The summed E-state index contributed by atoms with van der Waals surface area (Å²) in [7, 11) is 0. The van der Waals surface area contributed by atoms with Crippen molar-refractivity contribution in [1.29, 1.82) is 0 Å². The Bertz CT molecular complexity index is 556. The van der Waals surface area contributed by atoms with E-state index in [1.807, 2.05) is 0 Å². The second kappa shape index (κ2) is 10.1. The Morgan fingerprint density at radius 1 is 1.31 bits per heavy atom. The number of carboxylic acid groups (broad SMARTS) is 1. The lowest BCUT2D eigenvalue weighted by atomic mass is 9.51. The summed E-state index contributed by atoms with van der Waals surface area (Å²) in [6.45, 7) is 4.32. The third kappa shape index (κ3) is 5.34. The SMILES string of the molecule is CCCCCCC(O)C#C[C@H]1[C@@H]2C(C)/C(=C/CCC(=O)O)[C@@H]2CC[C@@H]1O. The van der Waals surface area contributed by atoms with Gasteiger partial charge in [-0.1, -0.05) is 56.6 Å². The summed E-state index contributed by atoms with van der Waals surface area (Å²) in [5, 5.41) is 29.3. The maximum absolute atomic E-state index is 10.7. The van der Waals surface area contributed by atoms with Crippen LogP contribution in [0.2, 0.25) is 0 Å². The first-order valence-corrected chi connectivity index (χ1v) is 10.2. The van der Waals surface area contributed by atoms with Crippen molar-refractivity contribution in [1.82, 2.24) is 0 Å². The number of aliphatic hydroxyl groups excluding tert-OH is 2. The third-order valence-electron chi connectivity index (χ3n) is 6.08. The van der Waals surface area contributed by atoms with Crippen LogP contribution in [0.4, 0.5) is 0 Å². The quantitative estimate of drug-likeness (QED) is 0.349. The zero-order valence-electron chi connectivity index (χ0n) is 16.2. The lowest BCUT2D eigenvalue weighted by Gasteiger charge is -2.53. The van der Waals surface area contributed by atoms with Crippen molar-refractivity contribution in [2.24, 2.45) is 23.7 Å². The van der Waals surface area contributed by atoms with Crippen molar-refractivity contribution in [2.45, 2.75) is 83.8 Å². The number of hydrogen-bond donors (Lipinski definition) is 3. The monoisotopic (exact) mass is 362 g/mol. The van der Waals surface area contributed by atoms with Crippen molar-refractivity contribution >= 4 is 5.97 Å². The standard InChI is InChI=1S/C22H34O4/c1-3-4-5-6-8-16(23)11-12-19-20(24)14-13-18-17(15(2)22(18)19)9-7-10-21(25)26/h9,15-16,18-20,22-24H,3-8,10,13-14H2,1-2H3,(H,25,26)/b17-9-/t15?,16?,18-,19+,20-,22+/m0/s1. The Morgan fingerprint density at radius 2 is 2.08 bits per heavy atom. The number of unbranched alkanes of at least 4 members (excludes halogenated alkanes) is 3. The molecule has 0 bridgehead atoms. The van der Waals surface area contributed by atoms with Gasteiger partial charge in [0, 0.05) is 6.42 Å². The molecule has 0 amide bonds. The topological polar surface area (TPSA) is 77.8 Å². The molecule has 2 aliphatic rings. The fraction of sp³-hybridized carbons (Fsp3) is 0.773. The van der Waals surface area contributed by atoms with Crippen LogP contribution in [0, 0.1) is 35.5 Å². The molecule has 146 valence electrons. The number of fused-ring (bicyclic) bond motifs is 1. The first kappa shape index (κ1) is 21.0. The third-order valence-corrected chi connectivity index (χ3v) is 6.08. The second-order valence-corrected chi connectivity index (χ2v) is 7.93. The highest BCUT2D eigenvalue weighted by Gasteiger charge is 2.50. The smallest absolute Gasteiger partial charge is 0.303 e. The summed E-state index contributed by atoms with van der Waals surface area (Å²) in [5.41, 5.74) is 1.34. The Morgan fingerprint density at radius 3 is 2.77 bits per heavy atom. The van der Waals surface area contributed by atoms with E-state index in [-0.39, 0.29) is 12.3 Å². The van der Waals surface area contributed by atoms with E-state index in [1.54, 1.807) is 0 Å². The van der Waals surface area contributed by atoms with Crippen molar-refractivity contribution in [2.75, 3.05) is 0 Å². The molecule has 2 saturated carbocycles. The van der Waals surface area contributed by atoms with Crippen molar-refractivity contribution < 1.29 is 20.1 Å². The van der Waals surface area contributed by atoms with Gasteiger partial charge in [-0.25, -0.2) is 0 Å². The van der Waals surface area contributed by atoms with Crippen molar-refractivity contribution in [3.8, 4) is 11.8 Å². The normalized spacial score (nSPS) is 32.9. The van der Waals surface area contributed by atoms with Gasteiger partial charge in [-0.3, -0.25) is 4.79 Å². The average Bonchev–Trinajstić information content (AvgIpc) is 2.61. The summed E-state index contributed by atoms with van der Waals surface area (Å²) in [4.78, 5) is 10.7. The molecule has 0 aliphatic heterocycles. The van der Waals surface area contributed by atoms with Crippen LogP contribution >= 0.6 is 0 Å². The van der Waals surface area contributed by atoms with Crippen LogP contribution in [-0.2, 0) is 4.79 Å². The maximum Gasteiger partial charge on any atom is 0.303 e. The highest BCUT2D eigenvalue weighted by atomic mass is 16.4. The Kier molecular flexibility index (Phi) is 8.18. The zero-order chi connectivity index (χ0) is 19.1. The van der Waals surface area contributed by atoms with E-state index in [2.05, 4.69) is 31.8 Å². The zero-order valence-corrected chi connectivity index (χ0v) is 16.2. The Labute approximate surface area is 157 Å². The Hall–Kier alpha value is -1.31. The number of allylic oxidation sites excluding steroid dienone is 2. The molecule has 0 aromatic heterocycles. The second-order valence-electron chi connectivity index (χ2n) is 7.93. The van der Waals surface area contributed by atoms with E-state index in [0.717, 1.165) is 25.7 Å². The number of hydrogen-bond acceptors (Lipinski definition) is 3. The van der Waals surface area contributed by atoms with E-state index in [1.165, 1.54) is 18.4 Å².